The third-order valence-corrected chi connectivity index (χ3v) is 3.36. The van der Waals surface area contributed by atoms with E-state index in [2.05, 4.69) is 40.2 Å². The second kappa shape index (κ2) is 4.51. The zero-order valence-electron chi connectivity index (χ0n) is 8.31. The molecule has 74 valence electrons. The van der Waals surface area contributed by atoms with Gasteiger partial charge in [-0.2, -0.15) is 0 Å². The Morgan fingerprint density at radius 3 is 2.86 bits per heavy atom. The number of amidine groups is 1. The zero-order chi connectivity index (χ0) is 9.80. The summed E-state index contributed by atoms with van der Waals surface area (Å²) in [5.74, 6) is 1.17. The molecule has 1 aromatic rings. The van der Waals surface area contributed by atoms with Crippen LogP contribution in [0.25, 0.3) is 0 Å². The molecular weight excluding hydrogens is 192 g/mol. The molecule has 0 unspecified atom stereocenters. The van der Waals surface area contributed by atoms with Gasteiger partial charge in [-0.15, -0.1) is 0 Å². The predicted molar refractivity (Wildman–Crippen MR) is 62.7 cm³/mol. The van der Waals surface area contributed by atoms with Crippen LogP contribution in [0.5, 0.6) is 0 Å². The molecule has 3 heteroatoms. The summed E-state index contributed by atoms with van der Waals surface area (Å²) >= 11 is 1.85. The van der Waals surface area contributed by atoms with Gasteiger partial charge in [-0.05, 0) is 5.56 Å². The van der Waals surface area contributed by atoms with Crippen LogP contribution < -0.4 is 0 Å². The number of aliphatic imine (C=N–C) groups is 1. The zero-order valence-corrected chi connectivity index (χ0v) is 9.13. The van der Waals surface area contributed by atoms with E-state index in [9.17, 15) is 0 Å². The Labute approximate surface area is 89.0 Å². The molecule has 1 aliphatic heterocycles. The van der Waals surface area contributed by atoms with Gasteiger partial charge in [0.1, 0.15) is 0 Å². The summed E-state index contributed by atoms with van der Waals surface area (Å²) in [4.78, 5) is 6.60. The first-order valence-electron chi connectivity index (χ1n) is 4.78. The Morgan fingerprint density at radius 1 is 1.36 bits per heavy atom. The molecule has 1 heterocycles. The van der Waals surface area contributed by atoms with E-state index in [1.807, 2.05) is 18.8 Å². The lowest BCUT2D eigenvalue weighted by atomic mass is 10.2. The van der Waals surface area contributed by atoms with E-state index in [1.165, 1.54) is 16.5 Å². The normalized spacial score (nSPS) is 19.2. The molecule has 0 aliphatic carbocycles. The standard InChI is InChI=1S/C11H14N2S/c1-12-11-13(7-8-14-11)9-10-5-3-2-4-6-10/h2-6H,7-9H2,1H3. The van der Waals surface area contributed by atoms with Gasteiger partial charge in [-0.25, -0.2) is 0 Å². The van der Waals surface area contributed by atoms with E-state index in [0.717, 1.165) is 13.1 Å². The van der Waals surface area contributed by atoms with Crippen molar-refractivity contribution in [3.05, 3.63) is 35.9 Å². The highest BCUT2D eigenvalue weighted by atomic mass is 32.2. The van der Waals surface area contributed by atoms with E-state index in [1.54, 1.807) is 0 Å². The average Bonchev–Trinajstić information content (AvgIpc) is 2.67. The van der Waals surface area contributed by atoms with Crippen molar-refractivity contribution >= 4 is 16.9 Å². The molecule has 0 spiro atoms. The van der Waals surface area contributed by atoms with Crippen molar-refractivity contribution in [3.8, 4) is 0 Å². The fourth-order valence-corrected chi connectivity index (χ4v) is 2.55. The van der Waals surface area contributed by atoms with Crippen molar-refractivity contribution in [2.45, 2.75) is 6.54 Å². The van der Waals surface area contributed by atoms with Crippen LogP contribution in [0, 0.1) is 0 Å². The third kappa shape index (κ3) is 2.10. The van der Waals surface area contributed by atoms with Gasteiger partial charge in [0.15, 0.2) is 5.17 Å². The second-order valence-corrected chi connectivity index (χ2v) is 4.32. The molecule has 2 nitrogen and oxygen atoms in total. The molecule has 2 rings (SSSR count). The minimum absolute atomic E-state index is 0.987. The molecule has 0 aromatic heterocycles. The third-order valence-electron chi connectivity index (χ3n) is 2.27. The van der Waals surface area contributed by atoms with Gasteiger partial charge in [0.2, 0.25) is 0 Å². The lowest BCUT2D eigenvalue weighted by Gasteiger charge is -2.17. The van der Waals surface area contributed by atoms with Crippen LogP contribution in [-0.2, 0) is 6.54 Å². The van der Waals surface area contributed by atoms with Crippen LogP contribution in [0.15, 0.2) is 35.3 Å². The lowest BCUT2D eigenvalue weighted by molar-refractivity contribution is 0.456. The van der Waals surface area contributed by atoms with Crippen molar-refractivity contribution in [1.29, 1.82) is 0 Å². The maximum Gasteiger partial charge on any atom is 0.159 e. The summed E-state index contributed by atoms with van der Waals surface area (Å²) in [6.07, 6.45) is 0. The minimum atomic E-state index is 0.987. The van der Waals surface area contributed by atoms with Crippen LogP contribution in [0.3, 0.4) is 0 Å². The Bertz CT molecular complexity index is 321. The highest BCUT2D eigenvalue weighted by molar-refractivity contribution is 8.14. The van der Waals surface area contributed by atoms with E-state index in [-0.39, 0.29) is 0 Å². The van der Waals surface area contributed by atoms with Gasteiger partial charge in [-0.1, -0.05) is 42.1 Å². The molecule has 0 atom stereocenters. The highest BCUT2D eigenvalue weighted by Gasteiger charge is 2.18. The quantitative estimate of drug-likeness (QED) is 0.737. The Hall–Kier alpha value is -0.960. The van der Waals surface area contributed by atoms with Gasteiger partial charge >= 0.3 is 0 Å². The van der Waals surface area contributed by atoms with Gasteiger partial charge in [0, 0.05) is 25.9 Å². The topological polar surface area (TPSA) is 15.6 Å². The molecule has 1 aromatic carbocycles. The van der Waals surface area contributed by atoms with Crippen LogP contribution in [0.2, 0.25) is 0 Å². The summed E-state index contributed by atoms with van der Waals surface area (Å²) in [5, 5.41) is 1.17. The van der Waals surface area contributed by atoms with E-state index in [0.29, 0.717) is 0 Å². The van der Waals surface area contributed by atoms with Crippen molar-refractivity contribution in [2.75, 3.05) is 19.3 Å². The van der Waals surface area contributed by atoms with Gasteiger partial charge < -0.3 is 4.90 Å². The number of thioether (sulfide) groups is 1. The molecule has 0 amide bonds. The smallest absolute Gasteiger partial charge is 0.159 e. The molecule has 0 saturated carbocycles. The van der Waals surface area contributed by atoms with Crippen LogP contribution >= 0.6 is 11.8 Å². The molecular formula is C11H14N2S. The first-order valence-corrected chi connectivity index (χ1v) is 5.77. The minimum Gasteiger partial charge on any atom is -0.346 e. The highest BCUT2D eigenvalue weighted by Crippen LogP contribution is 2.19. The monoisotopic (exact) mass is 206 g/mol. The predicted octanol–water partition coefficient (Wildman–Crippen LogP) is 2.22. The van der Waals surface area contributed by atoms with E-state index in [4.69, 9.17) is 0 Å². The second-order valence-electron chi connectivity index (χ2n) is 3.26. The Morgan fingerprint density at radius 2 is 2.14 bits per heavy atom. The molecule has 0 N–H and O–H groups in total. The molecule has 1 fully saturated rings. The first kappa shape index (κ1) is 9.59. The molecule has 1 saturated heterocycles. The summed E-state index contributed by atoms with van der Waals surface area (Å²) < 4.78 is 0. The number of rotatable bonds is 2. The molecule has 0 radical (unpaired) electrons. The average molecular weight is 206 g/mol. The summed E-state index contributed by atoms with van der Waals surface area (Å²) in [7, 11) is 1.87. The van der Waals surface area contributed by atoms with Gasteiger partial charge in [0.25, 0.3) is 0 Å². The molecule has 14 heavy (non-hydrogen) atoms. The van der Waals surface area contributed by atoms with Crippen molar-refractivity contribution in [3.63, 3.8) is 0 Å². The van der Waals surface area contributed by atoms with E-state index < -0.39 is 0 Å². The van der Waals surface area contributed by atoms with Crippen molar-refractivity contribution < 1.29 is 0 Å². The summed E-state index contributed by atoms with van der Waals surface area (Å²) in [6.45, 7) is 2.10. The number of benzene rings is 1. The fraction of sp³-hybridized carbons (Fsp3) is 0.364. The maximum absolute atomic E-state index is 4.27. The largest absolute Gasteiger partial charge is 0.346 e. The Balaban J connectivity index is 2.04. The lowest BCUT2D eigenvalue weighted by Crippen LogP contribution is -2.23. The van der Waals surface area contributed by atoms with E-state index >= 15 is 0 Å². The molecule has 0 bridgehead atoms. The maximum atomic E-state index is 4.27. The number of hydrogen-bond donors (Lipinski definition) is 0. The number of nitrogens with zero attached hydrogens (tertiary/aromatic N) is 2. The Kier molecular flexibility index (Phi) is 3.09. The van der Waals surface area contributed by atoms with Crippen molar-refractivity contribution in [1.82, 2.24) is 4.90 Å². The van der Waals surface area contributed by atoms with Crippen LogP contribution in [0.4, 0.5) is 0 Å². The van der Waals surface area contributed by atoms with Gasteiger partial charge in [0.05, 0.1) is 0 Å². The number of hydrogen-bond acceptors (Lipinski definition) is 2. The first-order chi connectivity index (χ1) is 6.90. The summed E-state index contributed by atoms with van der Waals surface area (Å²) in [5.41, 5.74) is 1.36. The van der Waals surface area contributed by atoms with Crippen molar-refractivity contribution in [2.24, 2.45) is 4.99 Å². The van der Waals surface area contributed by atoms with Gasteiger partial charge in [-0.3, -0.25) is 4.99 Å². The summed E-state index contributed by atoms with van der Waals surface area (Å²) in [6, 6.07) is 10.5. The SMILES string of the molecule is CN=C1SCCN1Cc1ccccc1. The fourth-order valence-electron chi connectivity index (χ4n) is 1.59. The van der Waals surface area contributed by atoms with Crippen LogP contribution in [-0.4, -0.2) is 29.4 Å². The molecule has 1 aliphatic rings. The van der Waals surface area contributed by atoms with Crippen LogP contribution in [0.1, 0.15) is 5.56 Å².